The number of benzene rings is 2. The summed E-state index contributed by atoms with van der Waals surface area (Å²) in [6.45, 7) is 6.75. The lowest BCUT2D eigenvalue weighted by Crippen LogP contribution is -2.54. The van der Waals surface area contributed by atoms with Crippen LogP contribution in [-0.4, -0.2) is 40.6 Å². The summed E-state index contributed by atoms with van der Waals surface area (Å²) in [7, 11) is 0. The normalized spacial score (nSPS) is 17.1. The first-order chi connectivity index (χ1) is 12.4. The number of nitro groups is 1. The van der Waals surface area contributed by atoms with Crippen molar-refractivity contribution in [2.24, 2.45) is 0 Å². The zero-order valence-corrected chi connectivity index (χ0v) is 15.7. The minimum Gasteiger partial charge on any atom is -0.365 e. The molecule has 0 aromatic heterocycles. The van der Waals surface area contributed by atoms with Crippen LogP contribution in [-0.2, 0) is 0 Å². The van der Waals surface area contributed by atoms with Gasteiger partial charge in [-0.2, -0.15) is 0 Å². The fourth-order valence-electron chi connectivity index (χ4n) is 3.16. The molecule has 136 valence electrons. The molecule has 2 aromatic rings. The number of thiocarbonyl (C=S) groups is 1. The Hall–Kier alpha value is -2.67. The molecule has 1 atom stereocenters. The summed E-state index contributed by atoms with van der Waals surface area (Å²) in [6.07, 6.45) is 0. The molecule has 0 spiro atoms. The summed E-state index contributed by atoms with van der Waals surface area (Å²) in [5.41, 5.74) is 3.16. The van der Waals surface area contributed by atoms with Gasteiger partial charge in [0.1, 0.15) is 0 Å². The number of piperazine rings is 1. The topological polar surface area (TPSA) is 61.6 Å². The van der Waals surface area contributed by atoms with Gasteiger partial charge >= 0.3 is 0 Å². The zero-order chi connectivity index (χ0) is 18.7. The number of nitrogens with one attached hydrogen (secondary N) is 1. The molecule has 3 rings (SSSR count). The van der Waals surface area contributed by atoms with Gasteiger partial charge in [-0.1, -0.05) is 23.8 Å². The summed E-state index contributed by atoms with van der Waals surface area (Å²) in [5, 5.41) is 14.6. The van der Waals surface area contributed by atoms with Crippen molar-refractivity contribution in [3.63, 3.8) is 0 Å². The Morgan fingerprint density at radius 2 is 1.96 bits per heavy atom. The number of aryl methyl sites for hydroxylation is 1. The molecule has 26 heavy (non-hydrogen) atoms. The van der Waals surface area contributed by atoms with E-state index in [2.05, 4.69) is 53.2 Å². The third kappa shape index (κ3) is 4.11. The lowest BCUT2D eigenvalue weighted by Gasteiger charge is -2.42. The Kier molecular flexibility index (Phi) is 5.37. The summed E-state index contributed by atoms with van der Waals surface area (Å²) in [4.78, 5) is 15.0. The molecule has 1 heterocycles. The van der Waals surface area contributed by atoms with E-state index >= 15 is 0 Å². The summed E-state index contributed by atoms with van der Waals surface area (Å²) in [6, 6.07) is 15.3. The fraction of sp³-hybridized carbons (Fsp3) is 0.316. The van der Waals surface area contributed by atoms with Gasteiger partial charge in [0.05, 0.1) is 4.92 Å². The maximum absolute atomic E-state index is 10.9. The number of rotatable bonds is 3. The van der Waals surface area contributed by atoms with E-state index in [-0.39, 0.29) is 5.69 Å². The minimum absolute atomic E-state index is 0.0513. The second-order valence-corrected chi connectivity index (χ2v) is 6.95. The maximum atomic E-state index is 10.9. The molecule has 1 saturated heterocycles. The average Bonchev–Trinajstić information content (AvgIpc) is 2.62. The lowest BCUT2D eigenvalue weighted by atomic mass is 10.1. The first-order valence-corrected chi connectivity index (χ1v) is 8.98. The van der Waals surface area contributed by atoms with Crippen molar-refractivity contribution in [3.05, 3.63) is 64.2 Å². The van der Waals surface area contributed by atoms with Gasteiger partial charge in [0.25, 0.3) is 5.69 Å². The van der Waals surface area contributed by atoms with E-state index < -0.39 is 4.92 Å². The van der Waals surface area contributed by atoms with Gasteiger partial charge in [-0.25, -0.2) is 0 Å². The summed E-state index contributed by atoms with van der Waals surface area (Å²) < 4.78 is 0. The van der Waals surface area contributed by atoms with Crippen LogP contribution in [0.2, 0.25) is 0 Å². The first kappa shape index (κ1) is 18.1. The van der Waals surface area contributed by atoms with Crippen molar-refractivity contribution < 1.29 is 4.92 Å². The number of nitro benzene ring substituents is 1. The Morgan fingerprint density at radius 1 is 1.23 bits per heavy atom. The molecule has 0 amide bonds. The highest BCUT2D eigenvalue weighted by Gasteiger charge is 2.25. The number of hydrogen-bond donors (Lipinski definition) is 1. The van der Waals surface area contributed by atoms with Crippen LogP contribution in [0.4, 0.5) is 17.1 Å². The van der Waals surface area contributed by atoms with E-state index in [0.717, 1.165) is 19.6 Å². The Morgan fingerprint density at radius 3 is 2.62 bits per heavy atom. The van der Waals surface area contributed by atoms with Crippen LogP contribution in [0.1, 0.15) is 12.5 Å². The quantitative estimate of drug-likeness (QED) is 0.504. The molecule has 1 unspecified atom stereocenters. The van der Waals surface area contributed by atoms with Crippen LogP contribution < -0.4 is 10.2 Å². The van der Waals surface area contributed by atoms with Crippen molar-refractivity contribution in [1.82, 2.24) is 4.90 Å². The SMILES string of the molecule is Cc1ccc(N2CCN(C(=S)Nc3cccc([N+](=O)[O-])c3)CC2C)cc1. The maximum Gasteiger partial charge on any atom is 0.271 e. The molecule has 0 aliphatic carbocycles. The second-order valence-electron chi connectivity index (χ2n) is 6.56. The standard InChI is InChI=1S/C19H22N4O2S/c1-14-6-8-17(9-7-14)22-11-10-21(13-15(22)2)19(26)20-16-4-3-5-18(12-16)23(24)25/h3-9,12,15H,10-11,13H2,1-2H3,(H,20,26). The highest BCUT2D eigenvalue weighted by atomic mass is 32.1. The van der Waals surface area contributed by atoms with E-state index in [1.165, 1.54) is 23.4 Å². The molecular weight excluding hydrogens is 348 g/mol. The predicted octanol–water partition coefficient (Wildman–Crippen LogP) is 3.81. The number of hydrogen-bond acceptors (Lipinski definition) is 4. The monoisotopic (exact) mass is 370 g/mol. The van der Waals surface area contributed by atoms with E-state index in [0.29, 0.717) is 16.8 Å². The van der Waals surface area contributed by atoms with Crippen LogP contribution in [0.3, 0.4) is 0 Å². The molecule has 0 bridgehead atoms. The molecule has 6 nitrogen and oxygen atoms in total. The molecule has 2 aromatic carbocycles. The smallest absolute Gasteiger partial charge is 0.271 e. The molecule has 1 aliphatic heterocycles. The largest absolute Gasteiger partial charge is 0.365 e. The fourth-order valence-corrected chi connectivity index (χ4v) is 3.45. The molecule has 1 aliphatic rings. The third-order valence-electron chi connectivity index (χ3n) is 4.59. The van der Waals surface area contributed by atoms with Gasteiger partial charge in [-0.05, 0) is 44.3 Å². The highest BCUT2D eigenvalue weighted by Crippen LogP contribution is 2.22. The van der Waals surface area contributed by atoms with Crippen molar-refractivity contribution in [1.29, 1.82) is 0 Å². The van der Waals surface area contributed by atoms with Crippen LogP contribution >= 0.6 is 12.2 Å². The Bertz CT molecular complexity index is 809. The molecule has 1 N–H and O–H groups in total. The van der Waals surface area contributed by atoms with Crippen molar-refractivity contribution in [3.8, 4) is 0 Å². The van der Waals surface area contributed by atoms with Crippen molar-refractivity contribution in [2.75, 3.05) is 29.9 Å². The molecule has 0 radical (unpaired) electrons. The minimum atomic E-state index is -0.406. The van der Waals surface area contributed by atoms with Crippen LogP contribution in [0.15, 0.2) is 48.5 Å². The van der Waals surface area contributed by atoms with Crippen molar-refractivity contribution in [2.45, 2.75) is 19.9 Å². The van der Waals surface area contributed by atoms with E-state index in [1.54, 1.807) is 12.1 Å². The Balaban J connectivity index is 1.63. The zero-order valence-electron chi connectivity index (χ0n) is 14.9. The molecule has 7 heteroatoms. The second kappa shape index (κ2) is 7.70. The van der Waals surface area contributed by atoms with Gasteiger partial charge < -0.3 is 15.1 Å². The van der Waals surface area contributed by atoms with Crippen LogP contribution in [0.25, 0.3) is 0 Å². The molecule has 0 saturated carbocycles. The summed E-state index contributed by atoms with van der Waals surface area (Å²) >= 11 is 5.52. The third-order valence-corrected chi connectivity index (χ3v) is 4.95. The number of nitrogens with zero attached hydrogens (tertiary/aromatic N) is 3. The van der Waals surface area contributed by atoms with Crippen LogP contribution in [0.5, 0.6) is 0 Å². The molecular formula is C19H22N4O2S. The lowest BCUT2D eigenvalue weighted by molar-refractivity contribution is -0.384. The van der Waals surface area contributed by atoms with Gasteiger partial charge in [0.15, 0.2) is 5.11 Å². The average molecular weight is 370 g/mol. The first-order valence-electron chi connectivity index (χ1n) is 8.58. The van der Waals surface area contributed by atoms with Gasteiger partial charge in [0.2, 0.25) is 0 Å². The predicted molar refractivity (Wildman–Crippen MR) is 109 cm³/mol. The van der Waals surface area contributed by atoms with E-state index in [4.69, 9.17) is 12.2 Å². The number of non-ortho nitro benzene ring substituents is 1. The van der Waals surface area contributed by atoms with E-state index in [1.807, 2.05) is 0 Å². The highest BCUT2D eigenvalue weighted by molar-refractivity contribution is 7.80. The summed E-state index contributed by atoms with van der Waals surface area (Å²) in [5.74, 6) is 0. The van der Waals surface area contributed by atoms with Gasteiger partial charge in [0, 0.05) is 49.2 Å². The van der Waals surface area contributed by atoms with Gasteiger partial charge in [-0.15, -0.1) is 0 Å². The number of anilines is 2. The van der Waals surface area contributed by atoms with Gasteiger partial charge in [-0.3, -0.25) is 10.1 Å². The molecule has 1 fully saturated rings. The van der Waals surface area contributed by atoms with Crippen molar-refractivity contribution >= 4 is 34.4 Å². The van der Waals surface area contributed by atoms with Crippen LogP contribution in [0, 0.1) is 17.0 Å². The van der Waals surface area contributed by atoms with E-state index in [9.17, 15) is 10.1 Å². The Labute approximate surface area is 158 Å².